The average molecular weight is 542 g/mol. The Labute approximate surface area is 227 Å². The Morgan fingerprint density at radius 1 is 0.692 bits per heavy atom. The molecule has 0 radical (unpaired) electrons. The van der Waals surface area contributed by atoms with Crippen LogP contribution in [0.3, 0.4) is 0 Å². The van der Waals surface area contributed by atoms with Crippen molar-refractivity contribution < 1.29 is 23.2 Å². The molecule has 1 heterocycles. The average Bonchev–Trinajstić information content (AvgIpc) is 3.01. The highest BCUT2D eigenvalue weighted by atomic mass is 32.2. The first kappa shape index (κ1) is 26.3. The van der Waals surface area contributed by atoms with Gasteiger partial charge in [-0.15, -0.1) is 0 Å². The van der Waals surface area contributed by atoms with Gasteiger partial charge in [-0.05, 0) is 46.5 Å². The summed E-state index contributed by atoms with van der Waals surface area (Å²) in [5.74, 6) is -1.23. The van der Waals surface area contributed by atoms with Gasteiger partial charge >= 0.3 is 0 Å². The van der Waals surface area contributed by atoms with Crippen LogP contribution in [-0.2, 0) is 14.8 Å². The number of rotatable bonds is 6. The summed E-state index contributed by atoms with van der Waals surface area (Å²) in [6.07, 6.45) is 0. The zero-order valence-electron chi connectivity index (χ0n) is 21.0. The van der Waals surface area contributed by atoms with Crippen molar-refractivity contribution in [1.82, 2.24) is 14.7 Å². The van der Waals surface area contributed by atoms with Gasteiger partial charge in [0.05, 0.1) is 4.90 Å². The summed E-state index contributed by atoms with van der Waals surface area (Å²) in [4.78, 5) is 27.3. The van der Waals surface area contributed by atoms with Crippen LogP contribution in [0, 0.1) is 0 Å². The van der Waals surface area contributed by atoms with Crippen molar-refractivity contribution in [2.75, 3.05) is 19.6 Å². The van der Waals surface area contributed by atoms with E-state index in [0.717, 1.165) is 26.6 Å². The van der Waals surface area contributed by atoms with Gasteiger partial charge in [0.25, 0.3) is 11.8 Å². The first-order valence-corrected chi connectivity index (χ1v) is 13.9. The van der Waals surface area contributed by atoms with Crippen LogP contribution in [-0.4, -0.2) is 60.3 Å². The van der Waals surface area contributed by atoms with Crippen molar-refractivity contribution in [2.24, 2.45) is 0 Å². The lowest BCUT2D eigenvalue weighted by atomic mass is 10.0. The third-order valence-corrected chi connectivity index (χ3v) is 8.76. The van der Waals surface area contributed by atoms with Gasteiger partial charge < -0.3 is 4.90 Å². The molecular formula is C30H27N3O5S. The van der Waals surface area contributed by atoms with Crippen LogP contribution in [0.15, 0.2) is 114 Å². The topological polar surface area (TPSA) is 107 Å². The Morgan fingerprint density at radius 2 is 1.18 bits per heavy atom. The highest BCUT2D eigenvalue weighted by molar-refractivity contribution is 7.89. The van der Waals surface area contributed by atoms with E-state index in [-0.39, 0.29) is 30.4 Å². The number of piperazine rings is 1. The van der Waals surface area contributed by atoms with Gasteiger partial charge in [0.15, 0.2) is 0 Å². The number of nitrogens with one attached hydrogen (secondary N) is 1. The number of hydrogen-bond acceptors (Lipinski definition) is 5. The molecule has 0 aliphatic carbocycles. The van der Waals surface area contributed by atoms with E-state index in [1.54, 1.807) is 29.7 Å². The van der Waals surface area contributed by atoms with Crippen molar-refractivity contribution in [1.29, 1.82) is 0 Å². The molecule has 1 aliphatic heterocycles. The van der Waals surface area contributed by atoms with Gasteiger partial charge in [0.2, 0.25) is 10.0 Å². The van der Waals surface area contributed by atoms with E-state index in [1.165, 1.54) is 17.0 Å². The van der Waals surface area contributed by atoms with Gasteiger partial charge in [0.1, 0.15) is 6.04 Å². The molecule has 4 aromatic carbocycles. The van der Waals surface area contributed by atoms with Crippen LogP contribution >= 0.6 is 0 Å². The quantitative estimate of drug-likeness (QED) is 0.283. The highest BCUT2D eigenvalue weighted by Crippen LogP contribution is 2.26. The van der Waals surface area contributed by atoms with Crippen molar-refractivity contribution in [3.05, 3.63) is 115 Å². The number of benzene rings is 4. The maximum atomic E-state index is 13.5. The first-order chi connectivity index (χ1) is 18.9. The normalized spacial score (nSPS) is 16.0. The third-order valence-electron chi connectivity index (χ3n) is 6.84. The molecule has 1 aliphatic rings. The number of hydrogen-bond donors (Lipinski definition) is 2. The minimum atomic E-state index is -4.09. The fraction of sp³-hybridized carbons (Fsp3) is 0.133. The number of nitrogens with zero attached hydrogens (tertiary/aromatic N) is 2. The molecule has 9 heteroatoms. The third kappa shape index (κ3) is 5.46. The van der Waals surface area contributed by atoms with Crippen molar-refractivity contribution >= 4 is 21.8 Å². The van der Waals surface area contributed by atoms with E-state index in [2.05, 4.69) is 0 Å². The minimum Gasteiger partial charge on any atom is -0.335 e. The highest BCUT2D eigenvalue weighted by Gasteiger charge is 2.41. The molecule has 0 bridgehead atoms. The first-order valence-electron chi connectivity index (χ1n) is 12.4. The van der Waals surface area contributed by atoms with E-state index >= 15 is 0 Å². The fourth-order valence-corrected chi connectivity index (χ4v) is 6.30. The van der Waals surface area contributed by atoms with Crippen LogP contribution in [0.1, 0.15) is 10.4 Å². The van der Waals surface area contributed by atoms with Gasteiger partial charge in [-0.1, -0.05) is 84.9 Å². The Balaban J connectivity index is 1.35. The lowest BCUT2D eigenvalue weighted by molar-refractivity contribution is -0.134. The number of amides is 2. The van der Waals surface area contributed by atoms with Crippen LogP contribution in [0.25, 0.3) is 22.3 Å². The van der Waals surface area contributed by atoms with E-state index in [4.69, 9.17) is 0 Å². The summed E-state index contributed by atoms with van der Waals surface area (Å²) < 4.78 is 28.1. The number of carbonyl (C=O) groups is 2. The number of hydroxylamine groups is 1. The Bertz CT molecular complexity index is 1560. The molecule has 1 fully saturated rings. The SMILES string of the molecule is O=C(NO)C1CN(C(=O)c2ccc(-c3ccccc3)cc2)CCN1S(=O)(=O)c1ccc(-c2ccccc2)cc1. The summed E-state index contributed by atoms with van der Waals surface area (Å²) in [6, 6.07) is 31.5. The zero-order chi connectivity index (χ0) is 27.4. The fourth-order valence-electron chi connectivity index (χ4n) is 4.73. The molecule has 198 valence electrons. The monoisotopic (exact) mass is 541 g/mol. The predicted molar refractivity (Wildman–Crippen MR) is 147 cm³/mol. The molecule has 1 unspecified atom stereocenters. The Hall–Kier alpha value is -4.31. The van der Waals surface area contributed by atoms with Crippen LogP contribution in [0.2, 0.25) is 0 Å². The van der Waals surface area contributed by atoms with Crippen molar-refractivity contribution in [3.8, 4) is 22.3 Å². The molecule has 39 heavy (non-hydrogen) atoms. The number of sulfonamides is 1. The summed E-state index contributed by atoms with van der Waals surface area (Å²) in [7, 11) is -4.09. The second kappa shape index (κ2) is 11.2. The molecule has 0 spiro atoms. The van der Waals surface area contributed by atoms with E-state index in [0.29, 0.717) is 5.56 Å². The number of carbonyl (C=O) groups excluding carboxylic acids is 2. The summed E-state index contributed by atoms with van der Waals surface area (Å²) in [6.45, 7) is -0.211. The van der Waals surface area contributed by atoms with Crippen LogP contribution < -0.4 is 5.48 Å². The molecule has 8 nitrogen and oxygen atoms in total. The molecule has 0 saturated carbocycles. The molecule has 5 rings (SSSR count). The summed E-state index contributed by atoms with van der Waals surface area (Å²) >= 11 is 0. The smallest absolute Gasteiger partial charge is 0.263 e. The lowest BCUT2D eigenvalue weighted by Gasteiger charge is -2.39. The second-order valence-corrected chi connectivity index (χ2v) is 11.1. The van der Waals surface area contributed by atoms with E-state index in [9.17, 15) is 23.2 Å². The van der Waals surface area contributed by atoms with E-state index < -0.39 is 22.0 Å². The largest absolute Gasteiger partial charge is 0.335 e. The second-order valence-electron chi connectivity index (χ2n) is 9.19. The maximum absolute atomic E-state index is 13.5. The standard InChI is InChI=1S/C30H27N3O5S/c34-29(31-36)28-21-32(30(35)26-13-11-24(12-14-26)22-7-3-1-4-8-22)19-20-33(28)39(37,38)27-17-15-25(16-18-27)23-9-5-2-6-10-23/h1-18,28,36H,19-21H2,(H,31,34). The van der Waals surface area contributed by atoms with Gasteiger partial charge in [-0.25, -0.2) is 13.9 Å². The van der Waals surface area contributed by atoms with Crippen molar-refractivity contribution in [3.63, 3.8) is 0 Å². The zero-order valence-corrected chi connectivity index (χ0v) is 21.8. The maximum Gasteiger partial charge on any atom is 0.263 e. The minimum absolute atomic E-state index is 0.0224. The van der Waals surface area contributed by atoms with Gasteiger partial charge in [0, 0.05) is 25.2 Å². The molecule has 2 amide bonds. The van der Waals surface area contributed by atoms with Crippen LogP contribution in [0.4, 0.5) is 0 Å². The molecule has 0 aromatic heterocycles. The Kier molecular flexibility index (Phi) is 7.56. The molecule has 1 saturated heterocycles. The van der Waals surface area contributed by atoms with Gasteiger partial charge in [-0.3, -0.25) is 14.8 Å². The van der Waals surface area contributed by atoms with Crippen molar-refractivity contribution in [2.45, 2.75) is 10.9 Å². The Morgan fingerprint density at radius 3 is 1.69 bits per heavy atom. The molecule has 2 N–H and O–H groups in total. The molecule has 1 atom stereocenters. The summed E-state index contributed by atoms with van der Waals surface area (Å²) in [5, 5.41) is 9.36. The van der Waals surface area contributed by atoms with Gasteiger partial charge in [-0.2, -0.15) is 4.31 Å². The van der Waals surface area contributed by atoms with E-state index in [1.807, 2.05) is 72.8 Å². The predicted octanol–water partition coefficient (Wildman–Crippen LogP) is 4.04. The lowest BCUT2D eigenvalue weighted by Crippen LogP contribution is -2.61. The summed E-state index contributed by atoms with van der Waals surface area (Å²) in [5.41, 5.74) is 5.76. The molecule has 4 aromatic rings. The van der Waals surface area contributed by atoms with Crippen LogP contribution in [0.5, 0.6) is 0 Å². The molecular weight excluding hydrogens is 514 g/mol.